The quantitative estimate of drug-likeness (QED) is 0.260. The molecule has 1 aliphatic rings. The van der Waals surface area contributed by atoms with Crippen molar-refractivity contribution in [3.63, 3.8) is 0 Å². The molecule has 1 atom stereocenters. The highest BCUT2D eigenvalue weighted by atomic mass is 16.3. The van der Waals surface area contributed by atoms with E-state index in [-0.39, 0.29) is 17.8 Å². The van der Waals surface area contributed by atoms with Crippen LogP contribution in [0, 0.1) is 6.92 Å². The van der Waals surface area contributed by atoms with Crippen molar-refractivity contribution in [1.82, 2.24) is 15.2 Å². The fourth-order valence-corrected chi connectivity index (χ4v) is 4.89. The van der Waals surface area contributed by atoms with E-state index in [0.29, 0.717) is 11.1 Å². The second-order valence-corrected chi connectivity index (χ2v) is 10.0. The Bertz CT molecular complexity index is 1400. The second-order valence-electron chi connectivity index (χ2n) is 10.0. The zero-order valence-electron chi connectivity index (χ0n) is 21.5. The predicted molar refractivity (Wildman–Crippen MR) is 150 cm³/mol. The molecule has 37 heavy (non-hydrogen) atoms. The van der Waals surface area contributed by atoms with Crippen molar-refractivity contribution < 1.29 is 9.90 Å². The molecule has 5 rings (SSSR count). The zero-order chi connectivity index (χ0) is 25.8. The molecule has 0 spiro atoms. The number of rotatable bonds is 7. The van der Waals surface area contributed by atoms with Crippen LogP contribution in [0.4, 0.5) is 5.69 Å². The Hall–Kier alpha value is -3.90. The van der Waals surface area contributed by atoms with Crippen molar-refractivity contribution >= 4 is 28.7 Å². The van der Waals surface area contributed by atoms with Gasteiger partial charge in [0.2, 0.25) is 0 Å². The third kappa shape index (κ3) is 5.92. The first-order valence-electron chi connectivity index (χ1n) is 13.0. The van der Waals surface area contributed by atoms with Gasteiger partial charge in [-0.1, -0.05) is 48.4 Å². The molecule has 6 heteroatoms. The molecule has 0 bridgehead atoms. The van der Waals surface area contributed by atoms with Crippen LogP contribution in [0.5, 0.6) is 5.88 Å². The van der Waals surface area contributed by atoms with Gasteiger partial charge in [-0.05, 0) is 81.2 Å². The summed E-state index contributed by atoms with van der Waals surface area (Å²) in [5, 5.41) is 14.3. The SMILES string of the molecule is Cc1ccc([C@@H](C)NC(=O)c2ccc3[nH]c(O)c(C=Nc4ccc(CN5CCCCC5)cc4)c3c2)cc1. The van der Waals surface area contributed by atoms with Crippen LogP contribution < -0.4 is 5.32 Å². The van der Waals surface area contributed by atoms with Crippen molar-refractivity contribution in [3.05, 3.63) is 94.5 Å². The minimum Gasteiger partial charge on any atom is -0.494 e. The molecule has 1 aromatic heterocycles. The van der Waals surface area contributed by atoms with Gasteiger partial charge >= 0.3 is 0 Å². The van der Waals surface area contributed by atoms with Gasteiger partial charge in [0.05, 0.1) is 17.3 Å². The Labute approximate surface area is 218 Å². The average Bonchev–Trinajstić information content (AvgIpc) is 3.23. The van der Waals surface area contributed by atoms with E-state index < -0.39 is 0 Å². The van der Waals surface area contributed by atoms with Crippen molar-refractivity contribution in [2.75, 3.05) is 13.1 Å². The van der Waals surface area contributed by atoms with E-state index in [1.807, 2.05) is 56.3 Å². The third-order valence-corrected chi connectivity index (χ3v) is 7.14. The summed E-state index contributed by atoms with van der Waals surface area (Å²) in [5.74, 6) is -0.131. The van der Waals surface area contributed by atoms with Crippen LogP contribution in [-0.2, 0) is 6.54 Å². The average molecular weight is 495 g/mol. The van der Waals surface area contributed by atoms with Crippen molar-refractivity contribution in [3.8, 4) is 5.88 Å². The number of amides is 1. The minimum atomic E-state index is -0.164. The van der Waals surface area contributed by atoms with E-state index in [2.05, 4.69) is 32.3 Å². The van der Waals surface area contributed by atoms with Gasteiger partial charge in [0.15, 0.2) is 5.88 Å². The number of aliphatic imine (C=N–C) groups is 1. The lowest BCUT2D eigenvalue weighted by molar-refractivity contribution is 0.0940. The number of aromatic amines is 1. The highest BCUT2D eigenvalue weighted by molar-refractivity contribution is 6.06. The number of fused-ring (bicyclic) bond motifs is 1. The number of nitrogens with one attached hydrogen (secondary N) is 2. The Balaban J connectivity index is 1.30. The first kappa shape index (κ1) is 24.8. The maximum atomic E-state index is 13.0. The number of nitrogens with zero attached hydrogens (tertiary/aromatic N) is 2. The van der Waals surface area contributed by atoms with E-state index in [4.69, 9.17) is 0 Å². The van der Waals surface area contributed by atoms with E-state index in [1.54, 1.807) is 18.3 Å². The lowest BCUT2D eigenvalue weighted by atomic mass is 10.1. The molecule has 3 N–H and O–H groups in total. The number of benzene rings is 3. The summed E-state index contributed by atoms with van der Waals surface area (Å²) >= 11 is 0. The lowest BCUT2D eigenvalue weighted by Gasteiger charge is -2.26. The van der Waals surface area contributed by atoms with Gasteiger partial charge in [0.1, 0.15) is 0 Å². The number of aromatic nitrogens is 1. The third-order valence-electron chi connectivity index (χ3n) is 7.14. The van der Waals surface area contributed by atoms with Gasteiger partial charge < -0.3 is 15.4 Å². The molecular weight excluding hydrogens is 460 g/mol. The molecule has 6 nitrogen and oxygen atoms in total. The molecule has 0 unspecified atom stereocenters. The summed E-state index contributed by atoms with van der Waals surface area (Å²) in [6.45, 7) is 7.33. The Morgan fingerprint density at radius 1 is 1.05 bits per heavy atom. The molecule has 0 aliphatic carbocycles. The van der Waals surface area contributed by atoms with Crippen LogP contribution in [0.25, 0.3) is 10.9 Å². The minimum absolute atomic E-state index is 0.0334. The molecule has 0 radical (unpaired) electrons. The van der Waals surface area contributed by atoms with Gasteiger partial charge in [0, 0.05) is 29.2 Å². The molecule has 2 heterocycles. The maximum Gasteiger partial charge on any atom is 0.251 e. The normalized spacial score (nSPS) is 15.3. The Morgan fingerprint density at radius 3 is 2.51 bits per heavy atom. The molecule has 3 aromatic carbocycles. The molecule has 1 aliphatic heterocycles. The number of aromatic hydroxyl groups is 1. The highest BCUT2D eigenvalue weighted by Gasteiger charge is 2.15. The van der Waals surface area contributed by atoms with Crippen LogP contribution in [-0.4, -0.2) is 40.2 Å². The zero-order valence-corrected chi connectivity index (χ0v) is 21.5. The van der Waals surface area contributed by atoms with Crippen molar-refractivity contribution in [2.45, 2.75) is 45.7 Å². The number of piperidine rings is 1. The summed E-state index contributed by atoms with van der Waals surface area (Å²) in [5.41, 5.74) is 6.18. The van der Waals surface area contributed by atoms with Crippen LogP contribution in [0.2, 0.25) is 0 Å². The number of hydrogen-bond donors (Lipinski definition) is 3. The monoisotopic (exact) mass is 494 g/mol. The van der Waals surface area contributed by atoms with E-state index in [1.165, 1.54) is 43.5 Å². The number of hydrogen-bond acceptors (Lipinski definition) is 4. The number of carbonyl (C=O) groups is 1. The Kier molecular flexibility index (Phi) is 7.37. The fraction of sp³-hybridized carbons (Fsp3) is 0.290. The molecule has 1 fully saturated rings. The standard InChI is InChI=1S/C31H34N4O2/c1-21-6-10-24(11-7-21)22(2)33-30(36)25-12-15-29-27(18-25)28(31(37)34-29)19-32-26-13-8-23(9-14-26)20-35-16-4-3-5-17-35/h6-15,18-19,22,34,37H,3-5,16-17,20H2,1-2H3,(H,33,36)/t22-/m1/s1. The van der Waals surface area contributed by atoms with E-state index in [0.717, 1.165) is 28.7 Å². The van der Waals surface area contributed by atoms with Crippen molar-refractivity contribution in [1.29, 1.82) is 0 Å². The summed E-state index contributed by atoms with van der Waals surface area (Å²) in [4.78, 5) is 23.1. The second kappa shape index (κ2) is 11.0. The molecular formula is C31H34N4O2. The van der Waals surface area contributed by atoms with Gasteiger partial charge in [-0.3, -0.25) is 14.7 Å². The lowest BCUT2D eigenvalue weighted by Crippen LogP contribution is -2.28. The number of carbonyl (C=O) groups excluding carboxylic acids is 1. The Morgan fingerprint density at radius 2 is 1.78 bits per heavy atom. The number of likely N-dealkylation sites (tertiary alicyclic amines) is 1. The molecule has 1 amide bonds. The first-order chi connectivity index (χ1) is 18.0. The van der Waals surface area contributed by atoms with Crippen LogP contribution in [0.3, 0.4) is 0 Å². The summed E-state index contributed by atoms with van der Waals surface area (Å²) in [6.07, 6.45) is 5.56. The largest absolute Gasteiger partial charge is 0.494 e. The summed E-state index contributed by atoms with van der Waals surface area (Å²) in [6, 6.07) is 21.6. The first-order valence-corrected chi connectivity index (χ1v) is 13.0. The number of aryl methyl sites for hydroxylation is 1. The van der Waals surface area contributed by atoms with E-state index >= 15 is 0 Å². The van der Waals surface area contributed by atoms with Crippen LogP contribution in [0.15, 0.2) is 71.7 Å². The molecule has 1 saturated heterocycles. The smallest absolute Gasteiger partial charge is 0.251 e. The van der Waals surface area contributed by atoms with E-state index in [9.17, 15) is 9.90 Å². The topological polar surface area (TPSA) is 80.7 Å². The predicted octanol–water partition coefficient (Wildman–Crippen LogP) is 6.41. The van der Waals surface area contributed by atoms with Crippen LogP contribution >= 0.6 is 0 Å². The van der Waals surface area contributed by atoms with Gasteiger partial charge in [-0.2, -0.15) is 0 Å². The van der Waals surface area contributed by atoms with Gasteiger partial charge in [-0.25, -0.2) is 0 Å². The van der Waals surface area contributed by atoms with Crippen LogP contribution in [0.1, 0.15) is 64.8 Å². The van der Waals surface area contributed by atoms with Gasteiger partial charge in [-0.15, -0.1) is 0 Å². The molecule has 4 aromatic rings. The molecule has 190 valence electrons. The fourth-order valence-electron chi connectivity index (χ4n) is 4.89. The molecule has 0 saturated carbocycles. The summed E-state index contributed by atoms with van der Waals surface area (Å²) < 4.78 is 0. The number of H-pyrrole nitrogens is 1. The highest BCUT2D eigenvalue weighted by Crippen LogP contribution is 2.28. The maximum absolute atomic E-state index is 13.0. The van der Waals surface area contributed by atoms with Crippen molar-refractivity contribution in [2.24, 2.45) is 4.99 Å². The van der Waals surface area contributed by atoms with Gasteiger partial charge in [0.25, 0.3) is 5.91 Å². The summed E-state index contributed by atoms with van der Waals surface area (Å²) in [7, 11) is 0.